The lowest BCUT2D eigenvalue weighted by molar-refractivity contribution is 0.282. The van der Waals surface area contributed by atoms with Gasteiger partial charge in [0.25, 0.3) is 0 Å². The van der Waals surface area contributed by atoms with Gasteiger partial charge in [-0.05, 0) is 134 Å². The number of ether oxygens (including phenoxy) is 1. The summed E-state index contributed by atoms with van der Waals surface area (Å²) in [6.07, 6.45) is 0. The number of anilines is 6. The number of fused-ring (bicyclic) bond motifs is 4. The van der Waals surface area contributed by atoms with Crippen molar-refractivity contribution in [2.75, 3.05) is 16.9 Å². The van der Waals surface area contributed by atoms with Crippen LogP contribution in [0.5, 0.6) is 5.75 Å². The molecule has 0 aliphatic rings. The zero-order chi connectivity index (χ0) is 38.3. The summed E-state index contributed by atoms with van der Waals surface area (Å²) in [5.41, 5.74) is 14.1. The van der Waals surface area contributed by atoms with E-state index in [1.54, 1.807) is 7.11 Å². The summed E-state index contributed by atoms with van der Waals surface area (Å²) in [5.74, 6) is 0.808. The molecular formula is C51H43N3O2. The number of hydrogen-bond donors (Lipinski definition) is 1. The minimum atomic E-state index is -0.0150. The minimum absolute atomic E-state index is 0.0150. The molecule has 274 valence electrons. The normalized spacial score (nSPS) is 11.4. The molecule has 0 spiro atoms. The van der Waals surface area contributed by atoms with E-state index in [1.807, 2.05) is 24.3 Å². The van der Waals surface area contributed by atoms with Crippen LogP contribution in [0, 0.1) is 20.8 Å². The summed E-state index contributed by atoms with van der Waals surface area (Å²) in [6, 6.07) is 60.7. The first-order chi connectivity index (χ1) is 27.4. The molecule has 9 rings (SSSR count). The van der Waals surface area contributed by atoms with Gasteiger partial charge in [0, 0.05) is 56.7 Å². The van der Waals surface area contributed by atoms with Crippen molar-refractivity contribution < 1.29 is 9.84 Å². The van der Waals surface area contributed by atoms with Crippen LogP contribution in [0.2, 0.25) is 0 Å². The predicted octanol–water partition coefficient (Wildman–Crippen LogP) is 13.3. The Kier molecular flexibility index (Phi) is 9.00. The molecule has 1 aromatic heterocycles. The van der Waals surface area contributed by atoms with Gasteiger partial charge in [-0.3, -0.25) is 0 Å². The third-order valence-corrected chi connectivity index (χ3v) is 10.7. The first-order valence-corrected chi connectivity index (χ1v) is 19.0. The van der Waals surface area contributed by atoms with Crippen molar-refractivity contribution in [1.29, 1.82) is 0 Å². The Labute approximate surface area is 327 Å². The van der Waals surface area contributed by atoms with Crippen LogP contribution < -0.4 is 14.5 Å². The van der Waals surface area contributed by atoms with Crippen molar-refractivity contribution in [3.8, 4) is 11.4 Å². The summed E-state index contributed by atoms with van der Waals surface area (Å²) in [6.45, 7) is 6.34. The van der Waals surface area contributed by atoms with Crippen LogP contribution in [0.15, 0.2) is 170 Å². The number of nitrogens with zero attached hydrogens (tertiary/aromatic N) is 3. The summed E-state index contributed by atoms with van der Waals surface area (Å²) in [5, 5.41) is 14.7. The van der Waals surface area contributed by atoms with E-state index in [2.05, 4.69) is 181 Å². The van der Waals surface area contributed by atoms with Gasteiger partial charge in [-0.2, -0.15) is 0 Å². The lowest BCUT2D eigenvalue weighted by Crippen LogP contribution is -2.10. The zero-order valence-corrected chi connectivity index (χ0v) is 32.1. The van der Waals surface area contributed by atoms with Gasteiger partial charge >= 0.3 is 0 Å². The molecule has 9 aromatic rings. The molecule has 1 N–H and O–H groups in total. The van der Waals surface area contributed by atoms with Crippen LogP contribution in [-0.4, -0.2) is 16.8 Å². The summed E-state index contributed by atoms with van der Waals surface area (Å²) in [4.78, 5) is 4.56. The molecule has 0 saturated heterocycles. The number of aliphatic hydroxyl groups excluding tert-OH is 1. The second-order valence-corrected chi connectivity index (χ2v) is 14.6. The lowest BCUT2D eigenvalue weighted by atomic mass is 10.0. The molecule has 1 heterocycles. The average Bonchev–Trinajstić information content (AvgIpc) is 3.54. The number of benzene rings is 8. The fourth-order valence-corrected chi connectivity index (χ4v) is 7.81. The number of aliphatic hydroxyl groups is 1. The first kappa shape index (κ1) is 34.9. The van der Waals surface area contributed by atoms with Crippen LogP contribution >= 0.6 is 0 Å². The van der Waals surface area contributed by atoms with E-state index in [0.29, 0.717) is 0 Å². The zero-order valence-electron chi connectivity index (χ0n) is 32.1. The Morgan fingerprint density at radius 1 is 0.464 bits per heavy atom. The molecule has 0 fully saturated rings. The Bertz CT molecular complexity index is 2860. The minimum Gasteiger partial charge on any atom is -0.497 e. The smallest absolute Gasteiger partial charge is 0.120 e. The molecule has 8 aromatic carbocycles. The highest BCUT2D eigenvalue weighted by molar-refractivity contribution is 6.14. The van der Waals surface area contributed by atoms with Gasteiger partial charge in [-0.1, -0.05) is 83.4 Å². The Morgan fingerprint density at radius 2 is 1.00 bits per heavy atom. The maximum atomic E-state index is 10.0. The van der Waals surface area contributed by atoms with Crippen molar-refractivity contribution in [2.45, 2.75) is 27.4 Å². The molecular weight excluding hydrogens is 687 g/mol. The largest absolute Gasteiger partial charge is 0.497 e. The van der Waals surface area contributed by atoms with Crippen molar-refractivity contribution in [3.05, 3.63) is 192 Å². The summed E-state index contributed by atoms with van der Waals surface area (Å²) < 4.78 is 8.08. The number of hydrogen-bond acceptors (Lipinski definition) is 4. The van der Waals surface area contributed by atoms with E-state index in [0.717, 1.165) is 67.5 Å². The highest BCUT2D eigenvalue weighted by atomic mass is 16.5. The van der Waals surface area contributed by atoms with Crippen molar-refractivity contribution in [1.82, 2.24) is 4.57 Å². The second kappa shape index (κ2) is 14.4. The average molecular weight is 730 g/mol. The van der Waals surface area contributed by atoms with E-state index in [-0.39, 0.29) is 6.61 Å². The van der Waals surface area contributed by atoms with Crippen LogP contribution in [0.4, 0.5) is 34.1 Å². The molecule has 5 nitrogen and oxygen atoms in total. The summed E-state index contributed by atoms with van der Waals surface area (Å²) in [7, 11) is 1.71. The SMILES string of the molecule is COc1cccc(N(c2ccc(C)cc2)c2ccc3c4cc5ccc(N(c6ccc(C)cc6)c6cccc(CO)c6)cc5cc4n(-c4ccc(C)cc4)c3c2)c1. The van der Waals surface area contributed by atoms with Gasteiger partial charge in [0.15, 0.2) is 0 Å². The second-order valence-electron chi connectivity index (χ2n) is 14.6. The maximum Gasteiger partial charge on any atom is 0.120 e. The van der Waals surface area contributed by atoms with Crippen LogP contribution in [0.25, 0.3) is 38.3 Å². The van der Waals surface area contributed by atoms with Gasteiger partial charge in [-0.25, -0.2) is 0 Å². The monoisotopic (exact) mass is 729 g/mol. The molecule has 0 aliphatic carbocycles. The fraction of sp³-hybridized carbons (Fsp3) is 0.0980. The van der Waals surface area contributed by atoms with Gasteiger partial charge < -0.3 is 24.2 Å². The Hall–Kier alpha value is -6.82. The molecule has 0 atom stereocenters. The van der Waals surface area contributed by atoms with E-state index in [9.17, 15) is 5.11 Å². The molecule has 0 saturated carbocycles. The fourth-order valence-electron chi connectivity index (χ4n) is 7.81. The molecule has 5 heteroatoms. The number of methoxy groups -OCH3 is 1. The van der Waals surface area contributed by atoms with E-state index in [4.69, 9.17) is 4.74 Å². The van der Waals surface area contributed by atoms with Gasteiger partial charge in [-0.15, -0.1) is 0 Å². The lowest BCUT2D eigenvalue weighted by Gasteiger charge is -2.26. The highest BCUT2D eigenvalue weighted by Crippen LogP contribution is 2.43. The van der Waals surface area contributed by atoms with Gasteiger partial charge in [0.1, 0.15) is 5.75 Å². The maximum absolute atomic E-state index is 10.0. The Balaban J connectivity index is 1.27. The topological polar surface area (TPSA) is 40.9 Å². The van der Waals surface area contributed by atoms with Crippen molar-refractivity contribution >= 4 is 66.7 Å². The van der Waals surface area contributed by atoms with E-state index < -0.39 is 0 Å². The Morgan fingerprint density at radius 3 is 1.64 bits per heavy atom. The summed E-state index contributed by atoms with van der Waals surface area (Å²) >= 11 is 0. The van der Waals surface area contributed by atoms with Crippen LogP contribution in [-0.2, 0) is 6.61 Å². The number of aromatic nitrogens is 1. The molecule has 0 aliphatic heterocycles. The quantitative estimate of drug-likeness (QED) is 0.161. The third kappa shape index (κ3) is 6.42. The standard InChI is InChI=1S/C51H43N3O2/c1-34-11-18-40(19-12-34)52(43-8-5-7-37(27-43)33-55)45-24-17-38-29-49-48-26-25-46(53(41-20-13-35(2)14-21-41)44-9-6-10-47(31-44)56-4)32-51(48)54(50(49)30-39(38)28-45)42-22-15-36(3)16-23-42/h5-32,55H,33H2,1-4H3. The molecule has 0 amide bonds. The van der Waals surface area contributed by atoms with Gasteiger partial charge in [0.05, 0.1) is 24.8 Å². The third-order valence-electron chi connectivity index (χ3n) is 10.7. The number of aryl methyl sites for hydroxylation is 3. The highest BCUT2D eigenvalue weighted by Gasteiger charge is 2.20. The van der Waals surface area contributed by atoms with Crippen LogP contribution in [0.3, 0.4) is 0 Å². The first-order valence-electron chi connectivity index (χ1n) is 19.0. The van der Waals surface area contributed by atoms with Crippen molar-refractivity contribution in [3.63, 3.8) is 0 Å². The van der Waals surface area contributed by atoms with E-state index >= 15 is 0 Å². The van der Waals surface area contributed by atoms with E-state index in [1.165, 1.54) is 32.8 Å². The van der Waals surface area contributed by atoms with Gasteiger partial charge in [0.2, 0.25) is 0 Å². The molecule has 0 radical (unpaired) electrons. The molecule has 56 heavy (non-hydrogen) atoms. The molecule has 0 bridgehead atoms. The van der Waals surface area contributed by atoms with Crippen LogP contribution in [0.1, 0.15) is 22.3 Å². The number of rotatable bonds is 9. The van der Waals surface area contributed by atoms with Crippen molar-refractivity contribution in [2.24, 2.45) is 0 Å². The molecule has 0 unspecified atom stereocenters. The predicted molar refractivity (Wildman–Crippen MR) is 234 cm³/mol.